The highest BCUT2D eigenvalue weighted by molar-refractivity contribution is 5.88. The first kappa shape index (κ1) is 11.5. The Bertz CT molecular complexity index is 311. The molecule has 5 nitrogen and oxygen atoms in total. The molecule has 0 aliphatic heterocycles. The second kappa shape index (κ2) is 5.98. The Morgan fingerprint density at radius 3 is 2.93 bits per heavy atom. The van der Waals surface area contributed by atoms with Crippen molar-refractivity contribution in [2.24, 2.45) is 0 Å². The van der Waals surface area contributed by atoms with Crippen molar-refractivity contribution in [2.45, 2.75) is 6.92 Å². The van der Waals surface area contributed by atoms with Crippen molar-refractivity contribution in [3.8, 4) is 0 Å². The lowest BCUT2D eigenvalue weighted by atomic mass is 10.3. The number of aromatic nitrogens is 1. The van der Waals surface area contributed by atoms with Gasteiger partial charge >= 0.3 is 6.03 Å². The molecule has 2 amide bonds. The summed E-state index contributed by atoms with van der Waals surface area (Å²) in [4.78, 5) is 15.3. The third kappa shape index (κ3) is 4.42. The van der Waals surface area contributed by atoms with Gasteiger partial charge in [0.25, 0.3) is 0 Å². The Balaban J connectivity index is 2.34. The number of carbonyl (C=O) groups excluding carboxylic acids is 1. The number of aryl methyl sites for hydroxylation is 1. The van der Waals surface area contributed by atoms with Crippen LogP contribution in [0.5, 0.6) is 0 Å². The Kier molecular flexibility index (Phi) is 4.56. The number of ether oxygens (including phenoxy) is 1. The SMILES string of the molecule is COCCNC(=O)Nc1ccc(C)cn1. The van der Waals surface area contributed by atoms with E-state index in [0.29, 0.717) is 19.0 Å². The second-order valence-corrected chi connectivity index (χ2v) is 3.09. The molecule has 1 heterocycles. The molecule has 0 aliphatic rings. The quantitative estimate of drug-likeness (QED) is 0.731. The van der Waals surface area contributed by atoms with E-state index in [2.05, 4.69) is 15.6 Å². The van der Waals surface area contributed by atoms with Gasteiger partial charge in [-0.1, -0.05) is 6.07 Å². The van der Waals surface area contributed by atoms with Crippen molar-refractivity contribution in [3.63, 3.8) is 0 Å². The number of urea groups is 1. The molecule has 0 atom stereocenters. The van der Waals surface area contributed by atoms with Crippen LogP contribution in [0.3, 0.4) is 0 Å². The van der Waals surface area contributed by atoms with Gasteiger partial charge in [0.2, 0.25) is 0 Å². The number of anilines is 1. The minimum absolute atomic E-state index is 0.275. The average Bonchev–Trinajstić information content (AvgIpc) is 2.22. The maximum Gasteiger partial charge on any atom is 0.320 e. The molecule has 0 saturated carbocycles. The summed E-state index contributed by atoms with van der Waals surface area (Å²) in [6.45, 7) is 2.92. The number of carbonyl (C=O) groups is 1. The van der Waals surface area contributed by atoms with Crippen LogP contribution < -0.4 is 10.6 Å². The molecule has 0 aromatic carbocycles. The number of methoxy groups -OCH3 is 1. The van der Waals surface area contributed by atoms with E-state index >= 15 is 0 Å². The van der Waals surface area contributed by atoms with E-state index in [1.807, 2.05) is 13.0 Å². The van der Waals surface area contributed by atoms with Crippen molar-refractivity contribution in [1.29, 1.82) is 0 Å². The first-order valence-corrected chi connectivity index (χ1v) is 4.69. The Labute approximate surface area is 88.9 Å². The molecule has 0 spiro atoms. The fourth-order valence-electron chi connectivity index (χ4n) is 0.969. The summed E-state index contributed by atoms with van der Waals surface area (Å²) < 4.78 is 4.80. The van der Waals surface area contributed by atoms with E-state index in [0.717, 1.165) is 5.56 Å². The van der Waals surface area contributed by atoms with Gasteiger partial charge in [0.1, 0.15) is 5.82 Å². The van der Waals surface area contributed by atoms with Crippen LogP contribution in [0.25, 0.3) is 0 Å². The number of pyridine rings is 1. The van der Waals surface area contributed by atoms with Crippen molar-refractivity contribution in [1.82, 2.24) is 10.3 Å². The van der Waals surface area contributed by atoms with E-state index in [4.69, 9.17) is 4.74 Å². The van der Waals surface area contributed by atoms with Crippen molar-refractivity contribution in [2.75, 3.05) is 25.6 Å². The second-order valence-electron chi connectivity index (χ2n) is 3.09. The van der Waals surface area contributed by atoms with Gasteiger partial charge in [0.05, 0.1) is 6.61 Å². The van der Waals surface area contributed by atoms with Crippen LogP contribution in [-0.2, 0) is 4.74 Å². The van der Waals surface area contributed by atoms with Crippen molar-refractivity contribution < 1.29 is 9.53 Å². The molecular weight excluding hydrogens is 194 g/mol. The fraction of sp³-hybridized carbons (Fsp3) is 0.400. The van der Waals surface area contributed by atoms with Gasteiger partial charge < -0.3 is 10.1 Å². The summed E-state index contributed by atoms with van der Waals surface area (Å²) in [7, 11) is 1.58. The predicted octanol–water partition coefficient (Wildman–Crippen LogP) is 1.16. The molecule has 1 aromatic heterocycles. The molecular formula is C10H15N3O2. The van der Waals surface area contributed by atoms with Crippen LogP contribution in [0.15, 0.2) is 18.3 Å². The van der Waals surface area contributed by atoms with Gasteiger partial charge in [-0.25, -0.2) is 9.78 Å². The maximum absolute atomic E-state index is 11.3. The summed E-state index contributed by atoms with van der Waals surface area (Å²) in [5.74, 6) is 0.538. The molecule has 1 rings (SSSR count). The number of nitrogens with zero attached hydrogens (tertiary/aromatic N) is 1. The highest BCUT2D eigenvalue weighted by Crippen LogP contribution is 2.02. The number of amides is 2. The van der Waals surface area contributed by atoms with Crippen LogP contribution in [0.2, 0.25) is 0 Å². The Morgan fingerprint density at radius 1 is 1.53 bits per heavy atom. The topological polar surface area (TPSA) is 63.2 Å². The number of rotatable bonds is 4. The van der Waals surface area contributed by atoms with Crippen LogP contribution in [0.4, 0.5) is 10.6 Å². The summed E-state index contributed by atoms with van der Waals surface area (Å²) in [6, 6.07) is 3.37. The van der Waals surface area contributed by atoms with Crippen molar-refractivity contribution >= 4 is 11.8 Å². The van der Waals surface area contributed by atoms with Crippen LogP contribution in [0.1, 0.15) is 5.56 Å². The van der Waals surface area contributed by atoms with Crippen LogP contribution in [0, 0.1) is 6.92 Å². The number of hydrogen-bond donors (Lipinski definition) is 2. The molecule has 0 fully saturated rings. The first-order valence-electron chi connectivity index (χ1n) is 4.69. The minimum atomic E-state index is -0.275. The molecule has 0 aliphatic carbocycles. The summed E-state index contributed by atoms with van der Waals surface area (Å²) in [5, 5.41) is 5.24. The third-order valence-corrected chi connectivity index (χ3v) is 1.74. The molecule has 1 aromatic rings. The normalized spacial score (nSPS) is 9.73. The molecule has 2 N–H and O–H groups in total. The predicted molar refractivity (Wildman–Crippen MR) is 57.9 cm³/mol. The van der Waals surface area contributed by atoms with E-state index in [1.165, 1.54) is 0 Å². The lowest BCUT2D eigenvalue weighted by Gasteiger charge is -2.06. The van der Waals surface area contributed by atoms with E-state index < -0.39 is 0 Å². The highest BCUT2D eigenvalue weighted by Gasteiger charge is 2.00. The Hall–Kier alpha value is -1.62. The highest BCUT2D eigenvalue weighted by atomic mass is 16.5. The zero-order valence-electron chi connectivity index (χ0n) is 8.91. The van der Waals surface area contributed by atoms with E-state index in [9.17, 15) is 4.79 Å². The molecule has 0 saturated heterocycles. The maximum atomic E-state index is 11.3. The van der Waals surface area contributed by atoms with Crippen LogP contribution >= 0.6 is 0 Å². The molecule has 0 bridgehead atoms. The monoisotopic (exact) mass is 209 g/mol. The largest absolute Gasteiger partial charge is 0.383 e. The molecule has 15 heavy (non-hydrogen) atoms. The smallest absolute Gasteiger partial charge is 0.320 e. The molecule has 0 radical (unpaired) electrons. The van der Waals surface area contributed by atoms with Gasteiger partial charge in [-0.2, -0.15) is 0 Å². The molecule has 5 heteroatoms. The van der Waals surface area contributed by atoms with E-state index in [1.54, 1.807) is 19.4 Å². The van der Waals surface area contributed by atoms with Crippen LogP contribution in [-0.4, -0.2) is 31.3 Å². The fourth-order valence-corrected chi connectivity index (χ4v) is 0.969. The first-order chi connectivity index (χ1) is 7.22. The van der Waals surface area contributed by atoms with Gasteiger partial charge in [-0.3, -0.25) is 5.32 Å². The summed E-state index contributed by atoms with van der Waals surface area (Å²) in [5.41, 5.74) is 1.06. The summed E-state index contributed by atoms with van der Waals surface area (Å²) in [6.07, 6.45) is 1.70. The zero-order valence-corrected chi connectivity index (χ0v) is 8.91. The van der Waals surface area contributed by atoms with E-state index in [-0.39, 0.29) is 6.03 Å². The standard InChI is InChI=1S/C10H15N3O2/c1-8-3-4-9(12-7-8)13-10(14)11-5-6-15-2/h3-4,7H,5-6H2,1-2H3,(H2,11,12,13,14). The molecule has 0 unspecified atom stereocenters. The number of hydrogen-bond acceptors (Lipinski definition) is 3. The minimum Gasteiger partial charge on any atom is -0.383 e. The lowest BCUT2D eigenvalue weighted by Crippen LogP contribution is -2.31. The van der Waals surface area contributed by atoms with Gasteiger partial charge in [0.15, 0.2) is 0 Å². The lowest BCUT2D eigenvalue weighted by molar-refractivity contribution is 0.198. The van der Waals surface area contributed by atoms with Gasteiger partial charge in [0, 0.05) is 19.9 Å². The third-order valence-electron chi connectivity index (χ3n) is 1.74. The van der Waals surface area contributed by atoms with Gasteiger partial charge in [-0.05, 0) is 18.6 Å². The average molecular weight is 209 g/mol. The number of nitrogens with one attached hydrogen (secondary N) is 2. The molecule has 82 valence electrons. The van der Waals surface area contributed by atoms with Gasteiger partial charge in [-0.15, -0.1) is 0 Å². The summed E-state index contributed by atoms with van der Waals surface area (Å²) >= 11 is 0. The van der Waals surface area contributed by atoms with Crippen molar-refractivity contribution in [3.05, 3.63) is 23.9 Å². The Morgan fingerprint density at radius 2 is 2.33 bits per heavy atom. The zero-order chi connectivity index (χ0) is 11.1.